The summed E-state index contributed by atoms with van der Waals surface area (Å²) in [6.07, 6.45) is 7.73. The molecular formula is C50H72N5O12P. The number of esters is 2. The van der Waals surface area contributed by atoms with Crippen LogP contribution >= 0.6 is 7.60 Å². The Kier molecular flexibility index (Phi) is 13.1. The van der Waals surface area contributed by atoms with Crippen molar-refractivity contribution in [3.8, 4) is 0 Å². The molecule has 4 N–H and O–H groups in total. The molecule has 1 amide bonds. The molecule has 1 spiro atoms. The first kappa shape index (κ1) is 49.2. The minimum absolute atomic E-state index is 0.0761. The van der Waals surface area contributed by atoms with Gasteiger partial charge in [0, 0.05) is 79.9 Å². The number of hydrogen-bond donors (Lipinski definition) is 4. The van der Waals surface area contributed by atoms with E-state index in [-0.39, 0.29) is 31.0 Å². The third-order valence-electron chi connectivity index (χ3n) is 17.5. The highest BCUT2D eigenvalue weighted by Gasteiger charge is 2.81. The molecule has 2 aliphatic carbocycles. The van der Waals surface area contributed by atoms with Crippen LogP contribution in [0.4, 0.5) is 10.5 Å². The number of likely N-dealkylation sites (tertiary alicyclic amines) is 1. The fourth-order valence-corrected chi connectivity index (χ4v) is 16.5. The van der Waals surface area contributed by atoms with E-state index >= 15 is 4.79 Å². The maximum absolute atomic E-state index is 15.5. The van der Waals surface area contributed by atoms with Gasteiger partial charge in [0.2, 0.25) is 5.60 Å². The van der Waals surface area contributed by atoms with Gasteiger partial charge in [-0.05, 0) is 94.7 Å². The van der Waals surface area contributed by atoms with Gasteiger partial charge >= 0.3 is 25.6 Å². The number of nitrogens with zero attached hydrogens (tertiary/aromatic N) is 3. The number of methoxy groups -OCH3 is 3. The van der Waals surface area contributed by atoms with E-state index in [0.717, 1.165) is 42.0 Å². The molecule has 6 heterocycles. The van der Waals surface area contributed by atoms with Crippen molar-refractivity contribution in [2.45, 2.75) is 114 Å². The number of ether oxygens (including phenoxy) is 4. The number of carbonyl (C=O) groups is 3. The minimum Gasteiger partial charge on any atom is -0.469 e. The summed E-state index contributed by atoms with van der Waals surface area (Å²) in [5.41, 5.74) is -3.05. The van der Waals surface area contributed by atoms with Gasteiger partial charge in [0.25, 0.3) is 0 Å². The molecule has 1 saturated carbocycles. The quantitative estimate of drug-likeness (QED) is 0.0890. The molecule has 5 fully saturated rings. The predicted octanol–water partition coefficient (Wildman–Crippen LogP) is 5.01. The lowest BCUT2D eigenvalue weighted by atomic mass is 9.47. The standard InChI is InChI=1S/C50H72N5O12P/c1-9-46(59)26-31-27-49(43(56)63-7,39-33(18-22-54(28-31)29-46)32-16-13-14-17-36(32)52-39)35-24-34-37(25-38(35)62-6)53(5)41-48(34)20-23-55-21-15-19-47(10-2,40(48)55)42(50(41,60)44(57)64-8)67-45(58)51-30-68(61,65-11-3)66-12-4/h13-17,19,24-25,31,33,35,38-42,52,59-60H,9-12,18,20-23,26-30H2,1-8H3,(H,51,58)/t31-,33?,35?,38?,39?,40-,41+,42+,46-,47+,48+,49-,50-/m0/s1. The number of rotatable bonds is 13. The molecule has 5 unspecified atom stereocenters. The lowest BCUT2D eigenvalue weighted by Crippen LogP contribution is -2.80. The average Bonchev–Trinajstić information content (AvgIpc) is 4.00. The number of aliphatic hydroxyl groups is 2. The highest BCUT2D eigenvalue weighted by molar-refractivity contribution is 7.53. The van der Waals surface area contributed by atoms with E-state index in [2.05, 4.69) is 38.6 Å². The van der Waals surface area contributed by atoms with Gasteiger partial charge in [0.1, 0.15) is 6.29 Å². The number of nitrogens with one attached hydrogen (secondary N) is 2. The zero-order valence-corrected chi connectivity index (χ0v) is 41.8. The summed E-state index contributed by atoms with van der Waals surface area (Å²) in [5.74, 6) is -2.12. The smallest absolute Gasteiger partial charge is 0.408 e. The number of carbonyl (C=O) groups excluding carboxylic acids is 3. The summed E-state index contributed by atoms with van der Waals surface area (Å²) in [7, 11) is 2.42. The summed E-state index contributed by atoms with van der Waals surface area (Å²) in [5, 5.41) is 32.3. The van der Waals surface area contributed by atoms with E-state index < -0.39 is 89.6 Å². The number of para-hydroxylation sites is 1. The topological polar surface area (TPSA) is 198 Å². The van der Waals surface area contributed by atoms with Crippen LogP contribution in [0.3, 0.4) is 0 Å². The molecule has 1 aromatic rings. The molecule has 0 aromatic heterocycles. The van der Waals surface area contributed by atoms with Gasteiger partial charge in [-0.2, -0.15) is 0 Å². The summed E-state index contributed by atoms with van der Waals surface area (Å²) in [6, 6.07) is 6.41. The van der Waals surface area contributed by atoms with E-state index in [0.29, 0.717) is 51.7 Å². The monoisotopic (exact) mass is 965 g/mol. The van der Waals surface area contributed by atoms with Gasteiger partial charge in [-0.3, -0.25) is 14.3 Å². The van der Waals surface area contributed by atoms with Gasteiger partial charge < -0.3 is 58.6 Å². The van der Waals surface area contributed by atoms with Crippen LogP contribution in [0.25, 0.3) is 0 Å². The Morgan fingerprint density at radius 2 is 1.68 bits per heavy atom. The second-order valence-corrected chi connectivity index (χ2v) is 22.6. The number of alkyl carbamates (subject to hydrolysis) is 1. The van der Waals surface area contributed by atoms with Crippen molar-refractivity contribution in [1.82, 2.24) is 20.0 Å². The van der Waals surface area contributed by atoms with E-state index in [1.807, 2.05) is 56.2 Å². The van der Waals surface area contributed by atoms with Gasteiger partial charge in [0.05, 0.1) is 50.6 Å². The number of allylic oxidation sites excluding steroid dienone is 1. The van der Waals surface area contributed by atoms with E-state index in [1.165, 1.54) is 14.2 Å². The first-order valence-corrected chi connectivity index (χ1v) is 26.4. The third kappa shape index (κ3) is 7.17. The molecule has 4 saturated heterocycles. The Morgan fingerprint density at radius 1 is 0.941 bits per heavy atom. The molecule has 2 bridgehead atoms. The molecule has 6 aliphatic heterocycles. The Balaban J connectivity index is 1.23. The second-order valence-electron chi connectivity index (χ2n) is 20.5. The number of piperidine rings is 1. The molecular weight excluding hydrogens is 894 g/mol. The van der Waals surface area contributed by atoms with Gasteiger partial charge in [0.15, 0.2) is 6.10 Å². The van der Waals surface area contributed by atoms with E-state index in [4.69, 9.17) is 28.0 Å². The Labute approximate surface area is 400 Å². The maximum Gasteiger partial charge on any atom is 0.408 e. The molecule has 18 heteroatoms. The molecule has 17 nitrogen and oxygen atoms in total. The van der Waals surface area contributed by atoms with Crippen LogP contribution in [0.1, 0.15) is 77.7 Å². The number of likely N-dealkylation sites (N-methyl/N-ethyl adjacent to an activating group) is 1. The van der Waals surface area contributed by atoms with Crippen LogP contribution in [-0.4, -0.2) is 165 Å². The van der Waals surface area contributed by atoms with E-state index in [1.54, 1.807) is 21.0 Å². The highest BCUT2D eigenvalue weighted by Crippen LogP contribution is 2.71. The fraction of sp³-hybridized carbons (Fsp3) is 0.700. The number of amides is 1. The predicted molar refractivity (Wildman–Crippen MR) is 252 cm³/mol. The Hall–Kier alpha value is -3.80. The number of anilines is 1. The minimum atomic E-state index is -3.76. The Bertz CT molecular complexity index is 2290. The molecule has 14 atom stereocenters. The number of fused-ring (bicyclic) bond motifs is 6. The summed E-state index contributed by atoms with van der Waals surface area (Å²) in [4.78, 5) is 51.1. The lowest BCUT2D eigenvalue weighted by molar-refractivity contribution is -0.234. The number of benzene rings is 1. The summed E-state index contributed by atoms with van der Waals surface area (Å²) in [6.45, 7) is 10.7. The van der Waals surface area contributed by atoms with Crippen molar-refractivity contribution >= 4 is 31.3 Å². The van der Waals surface area contributed by atoms with Crippen molar-refractivity contribution in [2.24, 2.45) is 28.1 Å². The van der Waals surface area contributed by atoms with Crippen molar-refractivity contribution in [1.29, 1.82) is 0 Å². The summed E-state index contributed by atoms with van der Waals surface area (Å²) >= 11 is 0. The fourth-order valence-electron chi connectivity index (χ4n) is 15.2. The largest absolute Gasteiger partial charge is 0.469 e. The van der Waals surface area contributed by atoms with Crippen LogP contribution < -0.4 is 10.6 Å². The van der Waals surface area contributed by atoms with Crippen molar-refractivity contribution in [3.05, 3.63) is 65.4 Å². The van der Waals surface area contributed by atoms with E-state index in [9.17, 15) is 24.4 Å². The molecule has 8 aliphatic rings. The first-order chi connectivity index (χ1) is 32.5. The van der Waals surface area contributed by atoms with Crippen LogP contribution in [0.15, 0.2) is 59.8 Å². The highest BCUT2D eigenvalue weighted by atomic mass is 31.2. The first-order valence-electron chi connectivity index (χ1n) is 24.7. The molecule has 1 aromatic carbocycles. The van der Waals surface area contributed by atoms with Crippen molar-refractivity contribution in [2.75, 3.05) is 85.9 Å². The molecule has 0 radical (unpaired) electrons. The third-order valence-corrected chi connectivity index (χ3v) is 19.4. The van der Waals surface area contributed by atoms with Gasteiger partial charge in [-0.25, -0.2) is 9.59 Å². The van der Waals surface area contributed by atoms with Crippen LogP contribution in [-0.2, 0) is 42.1 Å². The Morgan fingerprint density at radius 3 is 2.35 bits per heavy atom. The number of hydrogen-bond acceptors (Lipinski definition) is 16. The lowest BCUT2D eigenvalue weighted by Gasteiger charge is -2.63. The SMILES string of the molecule is CCOP(=O)(CNC(=O)O[C@@H]1[C@]2(CC)C=CCN3CC[C@@]4(C5=CC([C@@]6(C(=O)OC)C[C@H]7CN(CCC8c9ccccc9NC86)C[C@](O)(CC)C7)C(OC)C=C5N(C)[C@H]4[C@@]1(O)C(=O)OC)[C@@H]32)OCC. The van der Waals surface area contributed by atoms with Crippen LogP contribution in [0.5, 0.6) is 0 Å². The zero-order chi connectivity index (χ0) is 48.6. The second kappa shape index (κ2) is 18.1. The zero-order valence-electron chi connectivity index (χ0n) is 40.9. The van der Waals surface area contributed by atoms with Crippen molar-refractivity contribution in [3.63, 3.8) is 0 Å². The summed E-state index contributed by atoms with van der Waals surface area (Å²) < 4.78 is 48.9. The molecule has 68 heavy (non-hydrogen) atoms. The van der Waals surface area contributed by atoms with Crippen LogP contribution in [0, 0.1) is 28.1 Å². The molecule has 374 valence electrons. The molecule has 9 rings (SSSR count). The van der Waals surface area contributed by atoms with Gasteiger partial charge in [-0.15, -0.1) is 0 Å². The average molecular weight is 966 g/mol. The maximum atomic E-state index is 15.5. The normalized spacial score (nSPS) is 40.1. The van der Waals surface area contributed by atoms with Crippen LogP contribution in [0.2, 0.25) is 0 Å². The van der Waals surface area contributed by atoms with Crippen molar-refractivity contribution < 1.29 is 57.2 Å². The van der Waals surface area contributed by atoms with Gasteiger partial charge in [-0.1, -0.05) is 50.3 Å².